The molecule has 2 amide bonds. The van der Waals surface area contributed by atoms with E-state index in [4.69, 9.17) is 5.14 Å². The molecule has 6 nitrogen and oxygen atoms in total. The Hall–Kier alpha value is -1.60. The van der Waals surface area contributed by atoms with Crippen LogP contribution in [0.2, 0.25) is 0 Å². The molecule has 0 radical (unpaired) electrons. The summed E-state index contributed by atoms with van der Waals surface area (Å²) in [7, 11) is -3.52. The van der Waals surface area contributed by atoms with Gasteiger partial charge in [0, 0.05) is 19.6 Å². The van der Waals surface area contributed by atoms with E-state index in [-0.39, 0.29) is 6.03 Å². The SMILES string of the molecule is CCN(C(=O)N1CCC(S(N)(=O)=O)CC1)c1c2c(cc3c1CCC3)CCC2. The molecular weight excluding hydrogens is 362 g/mol. The van der Waals surface area contributed by atoms with Crippen molar-refractivity contribution < 1.29 is 13.2 Å². The monoisotopic (exact) mass is 391 g/mol. The van der Waals surface area contributed by atoms with E-state index in [1.807, 2.05) is 11.8 Å². The first kappa shape index (κ1) is 18.7. The molecule has 4 rings (SSSR count). The van der Waals surface area contributed by atoms with Crippen molar-refractivity contribution in [1.82, 2.24) is 4.90 Å². The van der Waals surface area contributed by atoms with Crippen molar-refractivity contribution in [3.05, 3.63) is 28.3 Å². The molecule has 148 valence electrons. The van der Waals surface area contributed by atoms with E-state index < -0.39 is 15.3 Å². The zero-order chi connectivity index (χ0) is 19.2. The van der Waals surface area contributed by atoms with E-state index >= 15 is 0 Å². The first-order valence-electron chi connectivity index (χ1n) is 10.1. The highest BCUT2D eigenvalue weighted by Gasteiger charge is 2.34. The molecule has 2 N–H and O–H groups in total. The molecule has 1 aliphatic heterocycles. The van der Waals surface area contributed by atoms with Crippen LogP contribution in [-0.4, -0.2) is 44.2 Å². The van der Waals surface area contributed by atoms with Crippen LogP contribution in [0.5, 0.6) is 0 Å². The largest absolute Gasteiger partial charge is 0.324 e. The van der Waals surface area contributed by atoms with Crippen LogP contribution in [-0.2, 0) is 35.7 Å². The van der Waals surface area contributed by atoms with E-state index in [2.05, 4.69) is 6.07 Å². The topological polar surface area (TPSA) is 83.7 Å². The molecule has 0 aromatic heterocycles. The summed E-state index contributed by atoms with van der Waals surface area (Å²) >= 11 is 0. The number of likely N-dealkylation sites (tertiary alicyclic amines) is 1. The number of carbonyl (C=O) groups is 1. The van der Waals surface area contributed by atoms with Gasteiger partial charge in [0.25, 0.3) is 0 Å². The molecule has 0 saturated carbocycles. The quantitative estimate of drug-likeness (QED) is 0.858. The fourth-order valence-electron chi connectivity index (χ4n) is 5.05. The molecule has 2 aliphatic carbocycles. The van der Waals surface area contributed by atoms with Gasteiger partial charge in [-0.25, -0.2) is 18.4 Å². The van der Waals surface area contributed by atoms with Gasteiger partial charge in [-0.3, -0.25) is 4.90 Å². The zero-order valence-corrected chi connectivity index (χ0v) is 16.9. The summed E-state index contributed by atoms with van der Waals surface area (Å²) in [5.41, 5.74) is 6.74. The lowest BCUT2D eigenvalue weighted by Crippen LogP contribution is -2.50. The first-order valence-corrected chi connectivity index (χ1v) is 11.8. The van der Waals surface area contributed by atoms with Crippen LogP contribution in [0.1, 0.15) is 54.9 Å². The molecular formula is C20H29N3O3S. The lowest BCUT2D eigenvalue weighted by molar-refractivity contribution is 0.193. The van der Waals surface area contributed by atoms with Gasteiger partial charge >= 0.3 is 6.03 Å². The Bertz CT molecular complexity index is 825. The Balaban J connectivity index is 1.61. The normalized spacial score (nSPS) is 19.9. The Labute approximate surface area is 161 Å². The van der Waals surface area contributed by atoms with Gasteiger partial charge in [-0.05, 0) is 80.5 Å². The van der Waals surface area contributed by atoms with Crippen LogP contribution in [0.3, 0.4) is 0 Å². The molecule has 1 aromatic rings. The standard InChI is InChI=1S/C20H29N3O3S/c1-2-23(20(24)22-11-9-16(10-12-22)27(21,25)26)19-17-7-3-5-14(17)13-15-6-4-8-18(15)19/h13,16H,2-12H2,1H3,(H2,21,25,26). The second-order valence-corrected chi connectivity index (χ2v) is 9.85. The van der Waals surface area contributed by atoms with Crippen molar-refractivity contribution in [2.75, 3.05) is 24.5 Å². The predicted molar refractivity (Wildman–Crippen MR) is 107 cm³/mol. The van der Waals surface area contributed by atoms with Crippen molar-refractivity contribution in [2.24, 2.45) is 5.14 Å². The van der Waals surface area contributed by atoms with Gasteiger partial charge in [0.15, 0.2) is 0 Å². The Morgan fingerprint density at radius 2 is 1.67 bits per heavy atom. The first-order chi connectivity index (χ1) is 12.9. The van der Waals surface area contributed by atoms with E-state index in [0.717, 1.165) is 38.5 Å². The van der Waals surface area contributed by atoms with Crippen molar-refractivity contribution >= 4 is 21.7 Å². The molecule has 7 heteroatoms. The zero-order valence-electron chi connectivity index (χ0n) is 16.0. The highest BCUT2D eigenvalue weighted by atomic mass is 32.2. The van der Waals surface area contributed by atoms with E-state index in [1.54, 1.807) is 4.90 Å². The van der Waals surface area contributed by atoms with Crippen LogP contribution < -0.4 is 10.0 Å². The average molecular weight is 392 g/mol. The van der Waals surface area contributed by atoms with Crippen LogP contribution in [0.15, 0.2) is 6.07 Å². The molecule has 0 bridgehead atoms. The van der Waals surface area contributed by atoms with Crippen molar-refractivity contribution in [3.63, 3.8) is 0 Å². The number of hydrogen-bond acceptors (Lipinski definition) is 3. The maximum absolute atomic E-state index is 13.4. The number of hydrogen-bond donors (Lipinski definition) is 1. The van der Waals surface area contributed by atoms with Crippen molar-refractivity contribution in [2.45, 2.75) is 63.5 Å². The summed E-state index contributed by atoms with van der Waals surface area (Å²) in [5.74, 6) is 0. The third kappa shape index (κ3) is 3.36. The van der Waals surface area contributed by atoms with Gasteiger partial charge in [0.05, 0.1) is 10.9 Å². The number of urea groups is 1. The molecule has 0 spiro atoms. The molecule has 1 aromatic carbocycles. The molecule has 1 fully saturated rings. The lowest BCUT2D eigenvalue weighted by atomic mass is 9.97. The molecule has 3 aliphatic rings. The summed E-state index contributed by atoms with van der Waals surface area (Å²) in [6.07, 6.45) is 7.50. The maximum Gasteiger partial charge on any atom is 0.324 e. The van der Waals surface area contributed by atoms with E-state index in [9.17, 15) is 13.2 Å². The van der Waals surface area contributed by atoms with Crippen LogP contribution in [0.4, 0.5) is 10.5 Å². The van der Waals surface area contributed by atoms with Crippen LogP contribution >= 0.6 is 0 Å². The number of carbonyl (C=O) groups excluding carboxylic acids is 1. The number of nitrogens with zero attached hydrogens (tertiary/aromatic N) is 2. The summed E-state index contributed by atoms with van der Waals surface area (Å²) < 4.78 is 23.2. The number of fused-ring (bicyclic) bond motifs is 2. The minimum atomic E-state index is -3.52. The van der Waals surface area contributed by atoms with Gasteiger partial charge in [-0.15, -0.1) is 0 Å². The second-order valence-electron chi connectivity index (χ2n) is 8.01. The summed E-state index contributed by atoms with van der Waals surface area (Å²) in [6, 6.07) is 2.39. The summed E-state index contributed by atoms with van der Waals surface area (Å²) in [4.78, 5) is 17.1. The Morgan fingerprint density at radius 1 is 1.11 bits per heavy atom. The predicted octanol–water partition coefficient (Wildman–Crippen LogP) is 2.36. The number of rotatable bonds is 3. The van der Waals surface area contributed by atoms with E-state index in [1.165, 1.54) is 27.9 Å². The Kier molecular flexibility index (Phi) is 4.93. The number of nitrogens with two attached hydrogens (primary N) is 1. The fourth-order valence-corrected chi connectivity index (χ4v) is 5.92. The van der Waals surface area contributed by atoms with Gasteiger partial charge in [-0.2, -0.15) is 0 Å². The minimum Gasteiger partial charge on any atom is -0.324 e. The van der Waals surface area contributed by atoms with Crippen molar-refractivity contribution in [1.29, 1.82) is 0 Å². The average Bonchev–Trinajstić information content (AvgIpc) is 3.29. The Morgan fingerprint density at radius 3 is 2.15 bits per heavy atom. The lowest BCUT2D eigenvalue weighted by Gasteiger charge is -2.36. The number of primary sulfonamides is 1. The van der Waals surface area contributed by atoms with Gasteiger partial charge in [0.2, 0.25) is 10.0 Å². The van der Waals surface area contributed by atoms with Gasteiger partial charge in [-0.1, -0.05) is 6.07 Å². The van der Waals surface area contributed by atoms with Gasteiger partial charge in [0.1, 0.15) is 0 Å². The molecule has 1 heterocycles. The minimum absolute atomic E-state index is 0.0137. The maximum atomic E-state index is 13.4. The number of sulfonamides is 1. The number of aryl methyl sites for hydroxylation is 2. The smallest absolute Gasteiger partial charge is 0.324 e. The third-order valence-corrected chi connectivity index (χ3v) is 7.84. The molecule has 1 saturated heterocycles. The van der Waals surface area contributed by atoms with Gasteiger partial charge < -0.3 is 4.90 Å². The van der Waals surface area contributed by atoms with Crippen LogP contribution in [0, 0.1) is 0 Å². The molecule has 27 heavy (non-hydrogen) atoms. The van der Waals surface area contributed by atoms with E-state index in [0.29, 0.717) is 32.5 Å². The highest BCUT2D eigenvalue weighted by molar-refractivity contribution is 7.89. The number of benzene rings is 1. The second kappa shape index (κ2) is 7.09. The van der Waals surface area contributed by atoms with Crippen molar-refractivity contribution in [3.8, 4) is 0 Å². The highest BCUT2D eigenvalue weighted by Crippen LogP contribution is 2.41. The van der Waals surface area contributed by atoms with Crippen LogP contribution in [0.25, 0.3) is 0 Å². The molecule has 0 unspecified atom stereocenters. The number of piperidine rings is 1. The number of amides is 2. The summed E-state index contributed by atoms with van der Waals surface area (Å²) in [5, 5.41) is 4.76. The molecule has 0 atom stereocenters. The fraction of sp³-hybridized carbons (Fsp3) is 0.650. The summed E-state index contributed by atoms with van der Waals surface area (Å²) in [6.45, 7) is 3.57. The third-order valence-electron chi connectivity index (χ3n) is 6.44. The number of anilines is 1.